The van der Waals surface area contributed by atoms with Crippen LogP contribution in [0.25, 0.3) is 22.1 Å². The van der Waals surface area contributed by atoms with Crippen LogP contribution in [0, 0.1) is 0 Å². The molecule has 0 spiro atoms. The van der Waals surface area contributed by atoms with E-state index in [1.807, 2.05) is 0 Å². The van der Waals surface area contributed by atoms with Crippen molar-refractivity contribution in [2.45, 2.75) is 13.1 Å². The normalized spacial score (nSPS) is 12.6. The maximum atomic E-state index is 12.9. The highest BCUT2D eigenvalue weighted by atomic mass is 16.5. The number of carbonyl (C=O) groups is 3. The quantitative estimate of drug-likeness (QED) is 0.227. The zero-order chi connectivity index (χ0) is 26.2. The first kappa shape index (κ1) is 23.0. The lowest BCUT2D eigenvalue weighted by Gasteiger charge is -2.18. The third kappa shape index (κ3) is 4.32. The molecule has 2 aromatic carbocycles. The van der Waals surface area contributed by atoms with E-state index in [4.69, 9.17) is 9.15 Å². The van der Waals surface area contributed by atoms with Crippen molar-refractivity contribution in [3.63, 3.8) is 0 Å². The van der Waals surface area contributed by atoms with Crippen molar-refractivity contribution in [2.75, 3.05) is 11.9 Å². The number of rotatable bonds is 6. The Bertz CT molecular complexity index is 1800. The molecule has 38 heavy (non-hydrogen) atoms. The summed E-state index contributed by atoms with van der Waals surface area (Å²) in [6, 6.07) is 10.3. The number of aromatic amines is 2. The number of anilines is 1. The summed E-state index contributed by atoms with van der Waals surface area (Å²) in [5.41, 5.74) is 3.92. The molecule has 0 unspecified atom stereocenters. The van der Waals surface area contributed by atoms with Gasteiger partial charge < -0.3 is 30.1 Å². The van der Waals surface area contributed by atoms with Crippen molar-refractivity contribution in [2.24, 2.45) is 0 Å². The second-order valence-corrected chi connectivity index (χ2v) is 8.53. The fraction of sp³-hybridized carbons (Fsp3) is 0.120. The van der Waals surface area contributed by atoms with Crippen molar-refractivity contribution in [3.8, 4) is 5.75 Å². The third-order valence-corrected chi connectivity index (χ3v) is 5.99. The molecule has 3 amide bonds. The molecule has 1 aliphatic heterocycles. The number of fused-ring (bicyclic) bond motifs is 3. The van der Waals surface area contributed by atoms with Gasteiger partial charge in [-0.3, -0.25) is 19.4 Å². The van der Waals surface area contributed by atoms with Gasteiger partial charge in [-0.2, -0.15) is 0 Å². The highest BCUT2D eigenvalue weighted by Gasteiger charge is 2.20. The number of benzene rings is 2. The minimum Gasteiger partial charge on any atom is -0.482 e. The minimum atomic E-state index is -0.551. The van der Waals surface area contributed by atoms with Gasteiger partial charge in [0.15, 0.2) is 17.9 Å². The molecule has 0 saturated carbocycles. The van der Waals surface area contributed by atoms with Crippen molar-refractivity contribution in [3.05, 3.63) is 81.9 Å². The highest BCUT2D eigenvalue weighted by Crippen LogP contribution is 2.28. The number of amides is 3. The number of ether oxygens (including phenoxy) is 1. The second kappa shape index (κ2) is 9.20. The van der Waals surface area contributed by atoms with Gasteiger partial charge in [0.1, 0.15) is 17.6 Å². The van der Waals surface area contributed by atoms with Crippen LogP contribution < -0.4 is 26.4 Å². The summed E-state index contributed by atoms with van der Waals surface area (Å²) in [6.07, 6.45) is 2.68. The van der Waals surface area contributed by atoms with E-state index in [0.29, 0.717) is 33.6 Å². The number of nitrogens with one attached hydrogen (secondary N) is 5. The van der Waals surface area contributed by atoms with Gasteiger partial charge >= 0.3 is 5.76 Å². The Hall–Kier alpha value is -5.46. The fourth-order valence-electron chi connectivity index (χ4n) is 4.17. The molecule has 13 nitrogen and oxygen atoms in total. The van der Waals surface area contributed by atoms with Crippen LogP contribution in [0.2, 0.25) is 0 Å². The Balaban J connectivity index is 1.15. The molecule has 0 bridgehead atoms. The van der Waals surface area contributed by atoms with Gasteiger partial charge in [-0.25, -0.2) is 14.8 Å². The number of aromatic nitrogens is 4. The van der Waals surface area contributed by atoms with Gasteiger partial charge in [-0.15, -0.1) is 0 Å². The van der Waals surface area contributed by atoms with Gasteiger partial charge in [0.05, 0.1) is 22.3 Å². The topological polar surface area (TPSA) is 184 Å². The molecule has 0 aliphatic carbocycles. The Labute approximate surface area is 212 Å². The van der Waals surface area contributed by atoms with E-state index in [0.717, 1.165) is 11.1 Å². The van der Waals surface area contributed by atoms with E-state index >= 15 is 0 Å². The highest BCUT2D eigenvalue weighted by molar-refractivity contribution is 6.10. The lowest BCUT2D eigenvalue weighted by Crippen LogP contribution is -2.26. The van der Waals surface area contributed by atoms with Crippen LogP contribution in [0.3, 0.4) is 0 Å². The van der Waals surface area contributed by atoms with Gasteiger partial charge in [0.2, 0.25) is 0 Å². The summed E-state index contributed by atoms with van der Waals surface area (Å²) in [4.78, 5) is 62.5. The lowest BCUT2D eigenvalue weighted by atomic mass is 10.1. The predicted octanol–water partition coefficient (Wildman–Crippen LogP) is 1.58. The van der Waals surface area contributed by atoms with E-state index in [1.165, 1.54) is 12.5 Å². The third-order valence-electron chi connectivity index (χ3n) is 5.99. The average Bonchev–Trinajstić information content (AvgIpc) is 3.52. The van der Waals surface area contributed by atoms with Crippen LogP contribution in [0.15, 0.2) is 58.1 Å². The average molecular weight is 513 g/mol. The smallest absolute Gasteiger partial charge is 0.417 e. The molecule has 190 valence electrons. The van der Waals surface area contributed by atoms with Crippen LogP contribution in [0.5, 0.6) is 5.75 Å². The molecule has 1 aliphatic rings. The molecule has 0 radical (unpaired) electrons. The van der Waals surface area contributed by atoms with Crippen molar-refractivity contribution >= 4 is 45.5 Å². The molecule has 4 heterocycles. The van der Waals surface area contributed by atoms with Crippen LogP contribution in [-0.2, 0) is 17.9 Å². The SMILES string of the molecule is O=C1COc2ccc(CNC(=O)c3ncnc4c(C(=O)NCc5ccc6[nH]c(=O)oc6c5)c[nH]c34)cc2N1. The van der Waals surface area contributed by atoms with Gasteiger partial charge in [0.25, 0.3) is 17.7 Å². The van der Waals surface area contributed by atoms with Crippen molar-refractivity contribution in [1.29, 1.82) is 0 Å². The zero-order valence-corrected chi connectivity index (χ0v) is 19.6. The first-order valence-electron chi connectivity index (χ1n) is 11.5. The first-order valence-corrected chi connectivity index (χ1v) is 11.5. The largest absolute Gasteiger partial charge is 0.482 e. The summed E-state index contributed by atoms with van der Waals surface area (Å²) in [5.74, 6) is -1.11. The molecule has 3 aromatic heterocycles. The standard InChI is InChI=1S/C25H19N7O6/c33-19-10-37-17-4-2-12(5-16(17)31-19)7-28-24(35)22-21-20(29-11-30-22)14(9-26-21)23(34)27-8-13-1-3-15-18(6-13)38-25(36)32-15/h1-6,9,11,26H,7-8,10H2,(H,27,34)(H,28,35)(H,31,33)(H,32,36). The van der Waals surface area contributed by atoms with Crippen LogP contribution in [-0.4, -0.2) is 44.3 Å². The van der Waals surface area contributed by atoms with Crippen LogP contribution in [0.1, 0.15) is 32.0 Å². The summed E-state index contributed by atoms with van der Waals surface area (Å²) in [6.45, 7) is 0.319. The molecule has 0 saturated heterocycles. The first-order chi connectivity index (χ1) is 18.4. The molecule has 6 rings (SSSR count). The van der Waals surface area contributed by atoms with E-state index in [1.54, 1.807) is 36.4 Å². The van der Waals surface area contributed by atoms with Gasteiger partial charge in [-0.1, -0.05) is 12.1 Å². The number of hydrogen-bond acceptors (Lipinski definition) is 8. The Kier molecular flexibility index (Phi) is 5.56. The zero-order valence-electron chi connectivity index (χ0n) is 19.6. The summed E-state index contributed by atoms with van der Waals surface area (Å²) in [7, 11) is 0. The summed E-state index contributed by atoms with van der Waals surface area (Å²) in [5, 5.41) is 8.32. The van der Waals surface area contributed by atoms with Gasteiger partial charge in [-0.05, 0) is 35.4 Å². The van der Waals surface area contributed by atoms with Crippen LogP contribution in [0.4, 0.5) is 5.69 Å². The molecule has 13 heteroatoms. The molecule has 0 fully saturated rings. The lowest BCUT2D eigenvalue weighted by molar-refractivity contribution is -0.118. The Morgan fingerprint density at radius 2 is 1.76 bits per heavy atom. The maximum absolute atomic E-state index is 12.9. The van der Waals surface area contributed by atoms with E-state index in [-0.39, 0.29) is 36.9 Å². The number of carbonyl (C=O) groups excluding carboxylic acids is 3. The maximum Gasteiger partial charge on any atom is 0.417 e. The molecular weight excluding hydrogens is 494 g/mol. The minimum absolute atomic E-state index is 0.0359. The summed E-state index contributed by atoms with van der Waals surface area (Å²) < 4.78 is 10.4. The second-order valence-electron chi connectivity index (χ2n) is 8.53. The van der Waals surface area contributed by atoms with Crippen LogP contribution >= 0.6 is 0 Å². The molecular formula is C25H19N7O6. The number of oxazole rings is 1. The van der Waals surface area contributed by atoms with Crippen molar-refractivity contribution < 1.29 is 23.5 Å². The Morgan fingerprint density at radius 1 is 0.974 bits per heavy atom. The van der Waals surface area contributed by atoms with Crippen molar-refractivity contribution in [1.82, 2.24) is 30.6 Å². The summed E-state index contributed by atoms with van der Waals surface area (Å²) >= 11 is 0. The number of hydrogen-bond donors (Lipinski definition) is 5. The molecule has 5 aromatic rings. The van der Waals surface area contributed by atoms with E-state index in [9.17, 15) is 19.2 Å². The Morgan fingerprint density at radius 3 is 2.63 bits per heavy atom. The fourth-order valence-corrected chi connectivity index (χ4v) is 4.17. The van der Waals surface area contributed by atoms with Gasteiger partial charge in [0, 0.05) is 19.3 Å². The number of H-pyrrole nitrogens is 2. The number of nitrogens with zero attached hydrogens (tertiary/aromatic N) is 2. The molecule has 0 atom stereocenters. The van der Waals surface area contributed by atoms with E-state index in [2.05, 4.69) is 35.9 Å². The predicted molar refractivity (Wildman–Crippen MR) is 134 cm³/mol. The molecule has 5 N–H and O–H groups in total. The van der Waals surface area contributed by atoms with E-state index < -0.39 is 17.6 Å². The monoisotopic (exact) mass is 513 g/mol.